The molecule has 1 fully saturated rings. The molecule has 1 amide bonds. The van der Waals surface area contributed by atoms with E-state index in [9.17, 15) is 4.79 Å². The number of rotatable bonds is 4. The summed E-state index contributed by atoms with van der Waals surface area (Å²) in [6, 6.07) is 15.6. The van der Waals surface area contributed by atoms with Gasteiger partial charge in [0.25, 0.3) is 5.91 Å². The van der Waals surface area contributed by atoms with Crippen LogP contribution in [0.15, 0.2) is 60.7 Å². The van der Waals surface area contributed by atoms with Gasteiger partial charge in [-0.3, -0.25) is 4.79 Å². The number of nitrogens with zero attached hydrogens (tertiary/aromatic N) is 1. The molecular formula is C22H23ClN2O2. The molecule has 1 saturated heterocycles. The minimum Gasteiger partial charge on any atom is -0.381 e. The van der Waals surface area contributed by atoms with E-state index in [-0.39, 0.29) is 5.91 Å². The van der Waals surface area contributed by atoms with Crippen LogP contribution in [0.2, 0.25) is 5.02 Å². The Morgan fingerprint density at radius 1 is 0.963 bits per heavy atom. The van der Waals surface area contributed by atoms with Gasteiger partial charge >= 0.3 is 0 Å². The first-order valence-electron chi connectivity index (χ1n) is 9.33. The molecule has 0 saturated carbocycles. The van der Waals surface area contributed by atoms with Crippen molar-refractivity contribution in [1.82, 2.24) is 5.32 Å². The van der Waals surface area contributed by atoms with Gasteiger partial charge in [-0.15, -0.1) is 0 Å². The fourth-order valence-electron chi connectivity index (χ4n) is 3.78. The van der Waals surface area contributed by atoms with Gasteiger partial charge in [0.15, 0.2) is 0 Å². The van der Waals surface area contributed by atoms with Gasteiger partial charge in [-0.05, 0) is 54.8 Å². The third-order valence-corrected chi connectivity index (χ3v) is 5.66. The molecule has 0 atom stereocenters. The average molecular weight is 383 g/mol. The smallest absolute Gasteiger partial charge is 0.251 e. The average Bonchev–Trinajstić information content (AvgIpc) is 3.24. The summed E-state index contributed by atoms with van der Waals surface area (Å²) in [4.78, 5) is 15.2. The summed E-state index contributed by atoms with van der Waals surface area (Å²) in [6.07, 6.45) is 5.80. The van der Waals surface area contributed by atoms with E-state index < -0.39 is 5.54 Å². The number of ether oxygens (including phenoxy) is 1. The molecule has 0 aromatic heterocycles. The molecular weight excluding hydrogens is 360 g/mol. The Balaban J connectivity index is 1.54. The zero-order chi connectivity index (χ0) is 18.7. The Hall–Kier alpha value is -2.30. The molecule has 2 aliphatic rings. The van der Waals surface area contributed by atoms with E-state index in [0.29, 0.717) is 23.8 Å². The number of carbonyl (C=O) groups is 1. The molecule has 5 heteroatoms. The topological polar surface area (TPSA) is 41.6 Å². The Bertz CT molecular complexity index is 816. The molecule has 2 aromatic carbocycles. The number of carbonyl (C=O) groups excluding carboxylic acids is 1. The van der Waals surface area contributed by atoms with Crippen molar-refractivity contribution < 1.29 is 9.53 Å². The highest BCUT2D eigenvalue weighted by molar-refractivity contribution is 6.30. The summed E-state index contributed by atoms with van der Waals surface area (Å²) in [6.45, 7) is 3.10. The molecule has 0 aliphatic carbocycles. The summed E-state index contributed by atoms with van der Waals surface area (Å²) >= 11 is 6.05. The van der Waals surface area contributed by atoms with Gasteiger partial charge in [-0.1, -0.05) is 35.9 Å². The van der Waals surface area contributed by atoms with Crippen LogP contribution in [0, 0.1) is 0 Å². The van der Waals surface area contributed by atoms with Crippen LogP contribution in [0.3, 0.4) is 0 Å². The molecule has 2 aromatic rings. The van der Waals surface area contributed by atoms with E-state index in [0.717, 1.165) is 37.2 Å². The maximum atomic E-state index is 13.0. The van der Waals surface area contributed by atoms with Crippen LogP contribution in [0.1, 0.15) is 28.8 Å². The van der Waals surface area contributed by atoms with Crippen molar-refractivity contribution in [3.05, 3.63) is 76.8 Å². The quantitative estimate of drug-likeness (QED) is 0.807. The summed E-state index contributed by atoms with van der Waals surface area (Å²) in [5.74, 6) is -0.0575. The molecule has 4 nitrogen and oxygen atoms in total. The first-order valence-corrected chi connectivity index (χ1v) is 9.70. The lowest BCUT2D eigenvalue weighted by molar-refractivity contribution is 0.0345. The van der Waals surface area contributed by atoms with Gasteiger partial charge in [-0.2, -0.15) is 0 Å². The van der Waals surface area contributed by atoms with Crippen LogP contribution < -0.4 is 10.2 Å². The van der Waals surface area contributed by atoms with E-state index in [1.165, 1.54) is 0 Å². The highest BCUT2D eigenvalue weighted by Crippen LogP contribution is 2.33. The fraction of sp³-hybridized carbons (Fsp3) is 0.318. The predicted molar refractivity (Wildman–Crippen MR) is 108 cm³/mol. The summed E-state index contributed by atoms with van der Waals surface area (Å²) < 4.78 is 5.54. The van der Waals surface area contributed by atoms with Crippen molar-refractivity contribution in [3.63, 3.8) is 0 Å². The molecule has 0 bridgehead atoms. The molecule has 2 aliphatic heterocycles. The van der Waals surface area contributed by atoms with Gasteiger partial charge in [0.05, 0.1) is 5.54 Å². The van der Waals surface area contributed by atoms with E-state index in [4.69, 9.17) is 16.3 Å². The number of anilines is 1. The SMILES string of the molecule is O=C(NC1(c2ccc(Cl)cc2)CCOCC1)c1ccc(N2CC=CC2)cc1. The number of amides is 1. The maximum absolute atomic E-state index is 13.0. The maximum Gasteiger partial charge on any atom is 0.251 e. The van der Waals surface area contributed by atoms with Gasteiger partial charge in [0, 0.05) is 42.6 Å². The lowest BCUT2D eigenvalue weighted by Gasteiger charge is -2.38. The summed E-state index contributed by atoms with van der Waals surface area (Å²) in [5, 5.41) is 3.98. The second kappa shape index (κ2) is 7.75. The van der Waals surface area contributed by atoms with Gasteiger partial charge in [0.1, 0.15) is 0 Å². The second-order valence-electron chi connectivity index (χ2n) is 7.08. The van der Waals surface area contributed by atoms with Crippen LogP contribution in [-0.2, 0) is 10.3 Å². The monoisotopic (exact) mass is 382 g/mol. The molecule has 4 rings (SSSR count). The molecule has 140 valence electrons. The minimum atomic E-state index is -0.419. The molecule has 27 heavy (non-hydrogen) atoms. The predicted octanol–water partition coefficient (Wildman–Crippen LogP) is 4.15. The lowest BCUT2D eigenvalue weighted by Crippen LogP contribution is -2.49. The van der Waals surface area contributed by atoms with Crippen molar-refractivity contribution in [3.8, 4) is 0 Å². The number of halogens is 1. The second-order valence-corrected chi connectivity index (χ2v) is 7.52. The first kappa shape index (κ1) is 18.1. The van der Waals surface area contributed by atoms with Crippen molar-refractivity contribution in [2.75, 3.05) is 31.2 Å². The normalized spacial score (nSPS) is 18.5. The van der Waals surface area contributed by atoms with Crippen LogP contribution in [0.25, 0.3) is 0 Å². The van der Waals surface area contributed by atoms with Gasteiger partial charge < -0.3 is 15.0 Å². The largest absolute Gasteiger partial charge is 0.381 e. The standard InChI is InChI=1S/C22H23ClN2O2/c23-19-7-5-18(6-8-19)22(11-15-27-16-12-22)24-21(26)17-3-9-20(10-4-17)25-13-1-2-14-25/h1-10H,11-16H2,(H,24,26). The molecule has 1 N–H and O–H groups in total. The van der Waals surface area contributed by atoms with E-state index in [2.05, 4.69) is 22.4 Å². The Labute approximate surface area is 164 Å². The Kier molecular flexibility index (Phi) is 5.19. The highest BCUT2D eigenvalue weighted by Gasteiger charge is 2.36. The van der Waals surface area contributed by atoms with Crippen molar-refractivity contribution in [2.24, 2.45) is 0 Å². The highest BCUT2D eigenvalue weighted by atomic mass is 35.5. The molecule has 0 radical (unpaired) electrons. The fourth-order valence-corrected chi connectivity index (χ4v) is 3.90. The molecule has 0 unspecified atom stereocenters. The van der Waals surface area contributed by atoms with Crippen LogP contribution in [0.5, 0.6) is 0 Å². The lowest BCUT2D eigenvalue weighted by atomic mass is 9.82. The van der Waals surface area contributed by atoms with Crippen molar-refractivity contribution in [1.29, 1.82) is 0 Å². The number of nitrogens with one attached hydrogen (secondary N) is 1. The van der Waals surface area contributed by atoms with Crippen LogP contribution in [0.4, 0.5) is 5.69 Å². The Morgan fingerprint density at radius 2 is 1.59 bits per heavy atom. The zero-order valence-electron chi connectivity index (χ0n) is 15.2. The van der Waals surface area contributed by atoms with E-state index in [1.807, 2.05) is 48.5 Å². The van der Waals surface area contributed by atoms with Crippen LogP contribution in [-0.4, -0.2) is 32.2 Å². The van der Waals surface area contributed by atoms with E-state index >= 15 is 0 Å². The number of benzene rings is 2. The van der Waals surface area contributed by atoms with Gasteiger partial charge in [-0.25, -0.2) is 0 Å². The number of hydrogen-bond acceptors (Lipinski definition) is 3. The number of hydrogen-bond donors (Lipinski definition) is 1. The van der Waals surface area contributed by atoms with Crippen molar-refractivity contribution >= 4 is 23.2 Å². The van der Waals surface area contributed by atoms with Crippen LogP contribution >= 0.6 is 11.6 Å². The minimum absolute atomic E-state index is 0.0575. The third-order valence-electron chi connectivity index (χ3n) is 5.41. The van der Waals surface area contributed by atoms with E-state index in [1.54, 1.807) is 0 Å². The molecule has 2 heterocycles. The Morgan fingerprint density at radius 3 is 2.22 bits per heavy atom. The zero-order valence-corrected chi connectivity index (χ0v) is 15.9. The van der Waals surface area contributed by atoms with Crippen molar-refractivity contribution in [2.45, 2.75) is 18.4 Å². The van der Waals surface area contributed by atoms with Gasteiger partial charge in [0.2, 0.25) is 0 Å². The third kappa shape index (κ3) is 3.87. The summed E-state index contributed by atoms with van der Waals surface area (Å²) in [5.41, 5.74) is 2.46. The summed E-state index contributed by atoms with van der Waals surface area (Å²) in [7, 11) is 0. The first-order chi connectivity index (χ1) is 13.2. The molecule has 0 spiro atoms.